The van der Waals surface area contributed by atoms with Crippen molar-refractivity contribution in [3.63, 3.8) is 0 Å². The van der Waals surface area contributed by atoms with E-state index in [9.17, 15) is 8.78 Å². The number of hydrogen-bond donors (Lipinski definition) is 1. The summed E-state index contributed by atoms with van der Waals surface area (Å²) in [6.45, 7) is 0.275. The number of nitrogens with zero attached hydrogens (tertiary/aromatic N) is 4. The Morgan fingerprint density at radius 1 is 1.38 bits per heavy atom. The van der Waals surface area contributed by atoms with Gasteiger partial charge in [0.1, 0.15) is 11.8 Å². The highest BCUT2D eigenvalue weighted by atomic mass is 19.3. The first kappa shape index (κ1) is 10.5. The van der Waals surface area contributed by atoms with Crippen molar-refractivity contribution in [1.82, 2.24) is 19.5 Å². The number of alkyl halides is 2. The van der Waals surface area contributed by atoms with Crippen molar-refractivity contribution in [2.24, 2.45) is 0 Å². The van der Waals surface area contributed by atoms with Crippen LogP contribution in [-0.4, -0.2) is 25.9 Å². The van der Waals surface area contributed by atoms with Crippen LogP contribution >= 0.6 is 0 Å². The van der Waals surface area contributed by atoms with E-state index in [1.165, 1.54) is 18.7 Å². The van der Waals surface area contributed by atoms with Crippen LogP contribution in [0.1, 0.15) is 0 Å². The second-order valence-corrected chi connectivity index (χ2v) is 3.09. The minimum absolute atomic E-state index is 0.275. The quantitative estimate of drug-likeness (QED) is 0.797. The Morgan fingerprint density at radius 2 is 2.19 bits per heavy atom. The van der Waals surface area contributed by atoms with Crippen molar-refractivity contribution in [2.45, 2.75) is 13.0 Å². The molecule has 0 aliphatic rings. The zero-order chi connectivity index (χ0) is 11.5. The van der Waals surface area contributed by atoms with E-state index in [0.29, 0.717) is 11.2 Å². The van der Waals surface area contributed by atoms with Crippen LogP contribution in [0.15, 0.2) is 24.8 Å². The summed E-state index contributed by atoms with van der Waals surface area (Å²) < 4.78 is 25.4. The van der Waals surface area contributed by atoms with Gasteiger partial charge < -0.3 is 10.3 Å². The molecule has 2 heterocycles. The van der Waals surface area contributed by atoms with Gasteiger partial charge in [-0.05, 0) is 6.08 Å². The molecule has 0 aromatic carbocycles. The zero-order valence-electron chi connectivity index (χ0n) is 8.22. The monoisotopic (exact) mass is 225 g/mol. The van der Waals surface area contributed by atoms with E-state index in [0.717, 1.165) is 6.08 Å². The first-order valence-electron chi connectivity index (χ1n) is 4.54. The molecular formula is C9H9F2N5. The number of nitrogens with two attached hydrogens (primary N) is 1. The van der Waals surface area contributed by atoms with Gasteiger partial charge in [0.25, 0.3) is 6.43 Å². The maximum absolute atomic E-state index is 11.9. The number of hydrogen-bond acceptors (Lipinski definition) is 4. The molecule has 0 radical (unpaired) electrons. The van der Waals surface area contributed by atoms with Crippen molar-refractivity contribution in [3.8, 4) is 0 Å². The Hall–Kier alpha value is -2.05. The predicted molar refractivity (Wildman–Crippen MR) is 54.9 cm³/mol. The number of imidazole rings is 1. The van der Waals surface area contributed by atoms with E-state index in [-0.39, 0.29) is 12.4 Å². The van der Waals surface area contributed by atoms with Crippen molar-refractivity contribution in [1.29, 1.82) is 0 Å². The highest BCUT2D eigenvalue weighted by Crippen LogP contribution is 2.13. The molecule has 5 nitrogen and oxygen atoms in total. The summed E-state index contributed by atoms with van der Waals surface area (Å²) in [4.78, 5) is 11.8. The van der Waals surface area contributed by atoms with E-state index in [2.05, 4.69) is 15.0 Å². The van der Waals surface area contributed by atoms with Gasteiger partial charge in [-0.2, -0.15) is 0 Å². The van der Waals surface area contributed by atoms with Gasteiger partial charge in [-0.1, -0.05) is 6.08 Å². The summed E-state index contributed by atoms with van der Waals surface area (Å²) in [5.74, 6) is 0.279. The SMILES string of the molecule is Nc1ncnc2c1ncn2CC=CC(F)F. The molecule has 0 bridgehead atoms. The van der Waals surface area contributed by atoms with Crippen molar-refractivity contribution >= 4 is 17.0 Å². The van der Waals surface area contributed by atoms with Crippen LogP contribution in [0, 0.1) is 0 Å². The summed E-state index contributed by atoms with van der Waals surface area (Å²) in [5.41, 5.74) is 6.59. The van der Waals surface area contributed by atoms with Crippen molar-refractivity contribution in [2.75, 3.05) is 5.73 Å². The number of fused-ring (bicyclic) bond motifs is 1. The number of nitrogen functional groups attached to an aromatic ring is 1. The van der Waals surface area contributed by atoms with Gasteiger partial charge in [0.15, 0.2) is 11.5 Å². The minimum atomic E-state index is -2.45. The van der Waals surface area contributed by atoms with E-state index >= 15 is 0 Å². The molecule has 2 aromatic heterocycles. The Balaban J connectivity index is 2.29. The largest absolute Gasteiger partial charge is 0.382 e. The van der Waals surface area contributed by atoms with Gasteiger partial charge in [-0.15, -0.1) is 0 Å². The molecule has 7 heteroatoms. The summed E-state index contributed by atoms with van der Waals surface area (Å²) in [5, 5.41) is 0. The lowest BCUT2D eigenvalue weighted by Gasteiger charge is -1.98. The Morgan fingerprint density at radius 3 is 2.94 bits per heavy atom. The van der Waals surface area contributed by atoms with Crippen LogP contribution < -0.4 is 5.73 Å². The standard InChI is InChI=1S/C9H9F2N5/c10-6(11)2-1-3-16-5-15-7-8(12)13-4-14-9(7)16/h1-2,4-6H,3H2,(H2,12,13,14). The lowest BCUT2D eigenvalue weighted by atomic mass is 10.4. The normalized spacial score (nSPS) is 11.9. The fourth-order valence-electron chi connectivity index (χ4n) is 1.31. The van der Waals surface area contributed by atoms with Gasteiger partial charge in [-0.3, -0.25) is 0 Å². The van der Waals surface area contributed by atoms with Crippen LogP contribution in [0.2, 0.25) is 0 Å². The molecule has 2 aromatic rings. The lowest BCUT2D eigenvalue weighted by Crippen LogP contribution is -1.98. The Bertz CT molecular complexity index is 520. The summed E-state index contributed by atoms with van der Waals surface area (Å²) in [7, 11) is 0. The number of aromatic nitrogens is 4. The molecule has 0 amide bonds. The molecular weight excluding hydrogens is 216 g/mol. The third-order valence-corrected chi connectivity index (χ3v) is 2.01. The van der Waals surface area contributed by atoms with Crippen molar-refractivity contribution < 1.29 is 8.78 Å². The van der Waals surface area contributed by atoms with E-state index in [1.807, 2.05) is 0 Å². The molecule has 0 atom stereocenters. The summed E-state index contributed by atoms with van der Waals surface area (Å²) in [6.07, 6.45) is 2.52. The van der Waals surface area contributed by atoms with Crippen LogP contribution in [0.3, 0.4) is 0 Å². The fraction of sp³-hybridized carbons (Fsp3) is 0.222. The molecule has 0 fully saturated rings. The first-order valence-corrected chi connectivity index (χ1v) is 4.54. The number of anilines is 1. The maximum Gasteiger partial charge on any atom is 0.257 e. The molecule has 2 N–H and O–H groups in total. The molecule has 0 aliphatic carbocycles. The number of allylic oxidation sites excluding steroid dienone is 2. The molecule has 0 spiro atoms. The van der Waals surface area contributed by atoms with E-state index in [1.54, 1.807) is 4.57 Å². The Kier molecular flexibility index (Phi) is 2.76. The molecule has 0 unspecified atom stereocenters. The maximum atomic E-state index is 11.9. The number of rotatable bonds is 3. The third-order valence-electron chi connectivity index (χ3n) is 2.01. The van der Waals surface area contributed by atoms with Gasteiger partial charge in [-0.25, -0.2) is 23.7 Å². The predicted octanol–water partition coefficient (Wildman–Crippen LogP) is 1.23. The van der Waals surface area contributed by atoms with Crippen LogP contribution in [0.5, 0.6) is 0 Å². The highest BCUT2D eigenvalue weighted by Gasteiger charge is 2.06. The topological polar surface area (TPSA) is 69.6 Å². The molecule has 0 aliphatic heterocycles. The van der Waals surface area contributed by atoms with Crippen LogP contribution in [-0.2, 0) is 6.54 Å². The summed E-state index contributed by atoms with van der Waals surface area (Å²) in [6, 6.07) is 0. The summed E-state index contributed by atoms with van der Waals surface area (Å²) >= 11 is 0. The van der Waals surface area contributed by atoms with E-state index in [4.69, 9.17) is 5.73 Å². The van der Waals surface area contributed by atoms with Crippen LogP contribution in [0.4, 0.5) is 14.6 Å². The highest BCUT2D eigenvalue weighted by molar-refractivity contribution is 5.81. The van der Waals surface area contributed by atoms with Crippen LogP contribution in [0.25, 0.3) is 11.2 Å². The molecule has 16 heavy (non-hydrogen) atoms. The van der Waals surface area contributed by atoms with Gasteiger partial charge in [0.05, 0.1) is 6.33 Å². The Labute approximate surface area is 89.6 Å². The number of halogens is 2. The molecule has 0 saturated carbocycles. The lowest BCUT2D eigenvalue weighted by molar-refractivity contribution is 0.204. The average molecular weight is 225 g/mol. The molecule has 84 valence electrons. The van der Waals surface area contributed by atoms with Gasteiger partial charge in [0, 0.05) is 6.54 Å². The fourth-order valence-corrected chi connectivity index (χ4v) is 1.31. The van der Waals surface area contributed by atoms with Gasteiger partial charge in [0.2, 0.25) is 0 Å². The third kappa shape index (κ3) is 1.97. The molecule has 2 rings (SSSR count). The zero-order valence-corrected chi connectivity index (χ0v) is 8.22. The minimum Gasteiger partial charge on any atom is -0.382 e. The van der Waals surface area contributed by atoms with Crippen molar-refractivity contribution in [3.05, 3.63) is 24.8 Å². The smallest absolute Gasteiger partial charge is 0.257 e. The average Bonchev–Trinajstić information content (AvgIpc) is 2.63. The molecule has 0 saturated heterocycles. The second-order valence-electron chi connectivity index (χ2n) is 3.09. The first-order chi connectivity index (χ1) is 7.68. The second kappa shape index (κ2) is 4.21. The van der Waals surface area contributed by atoms with Gasteiger partial charge >= 0.3 is 0 Å². The van der Waals surface area contributed by atoms with E-state index < -0.39 is 6.43 Å².